The number of nitrogens with two attached hydrogens (primary N) is 1. The smallest absolute Gasteiger partial charge is 0.252 e. The molecule has 0 unspecified atom stereocenters. The van der Waals surface area contributed by atoms with E-state index in [1.54, 1.807) is 23.1 Å². The van der Waals surface area contributed by atoms with Crippen molar-refractivity contribution in [3.8, 4) is 11.8 Å². The molecular formula is C15H17N5O. The molecule has 21 heavy (non-hydrogen) atoms. The maximum Gasteiger partial charge on any atom is 0.252 e. The SMILES string of the molecule is NCC#Cc1ccccc1C(=O)NCCCn1ccnn1. The van der Waals surface area contributed by atoms with Crippen LogP contribution in [0, 0.1) is 11.8 Å². The number of aryl methyl sites for hydroxylation is 1. The predicted molar refractivity (Wildman–Crippen MR) is 79.3 cm³/mol. The van der Waals surface area contributed by atoms with E-state index in [9.17, 15) is 4.79 Å². The van der Waals surface area contributed by atoms with Crippen LogP contribution in [0.3, 0.4) is 0 Å². The number of nitrogens with zero attached hydrogens (tertiary/aromatic N) is 3. The van der Waals surface area contributed by atoms with Crippen LogP contribution in [0.25, 0.3) is 0 Å². The third-order valence-corrected chi connectivity index (χ3v) is 2.82. The van der Waals surface area contributed by atoms with Crippen LogP contribution in [0.4, 0.5) is 0 Å². The first-order chi connectivity index (χ1) is 10.3. The number of hydrogen-bond acceptors (Lipinski definition) is 4. The van der Waals surface area contributed by atoms with Crippen molar-refractivity contribution in [2.24, 2.45) is 5.73 Å². The number of benzene rings is 1. The van der Waals surface area contributed by atoms with Gasteiger partial charge in [0.1, 0.15) is 0 Å². The lowest BCUT2D eigenvalue weighted by molar-refractivity contribution is 0.0952. The fraction of sp³-hybridized carbons (Fsp3) is 0.267. The topological polar surface area (TPSA) is 85.8 Å². The molecular weight excluding hydrogens is 266 g/mol. The average Bonchev–Trinajstić information content (AvgIpc) is 3.03. The molecule has 2 aromatic rings. The Morgan fingerprint density at radius 2 is 2.24 bits per heavy atom. The van der Waals surface area contributed by atoms with Gasteiger partial charge in [-0.3, -0.25) is 9.48 Å². The van der Waals surface area contributed by atoms with Crippen molar-refractivity contribution in [2.75, 3.05) is 13.1 Å². The molecule has 1 heterocycles. The van der Waals surface area contributed by atoms with Crippen molar-refractivity contribution in [3.63, 3.8) is 0 Å². The van der Waals surface area contributed by atoms with Gasteiger partial charge in [0.25, 0.3) is 5.91 Å². The van der Waals surface area contributed by atoms with Gasteiger partial charge >= 0.3 is 0 Å². The molecule has 1 aromatic heterocycles. The summed E-state index contributed by atoms with van der Waals surface area (Å²) in [7, 11) is 0. The summed E-state index contributed by atoms with van der Waals surface area (Å²) >= 11 is 0. The third kappa shape index (κ3) is 4.44. The summed E-state index contributed by atoms with van der Waals surface area (Å²) in [5, 5.41) is 10.5. The van der Waals surface area contributed by atoms with Gasteiger partial charge in [-0.2, -0.15) is 0 Å². The van der Waals surface area contributed by atoms with Gasteiger partial charge in [-0.25, -0.2) is 0 Å². The Labute approximate surface area is 123 Å². The molecule has 0 saturated heterocycles. The number of amides is 1. The van der Waals surface area contributed by atoms with Gasteiger partial charge in [0.15, 0.2) is 0 Å². The molecule has 0 bridgehead atoms. The molecule has 108 valence electrons. The van der Waals surface area contributed by atoms with Gasteiger partial charge in [0.05, 0.1) is 18.3 Å². The molecule has 0 aliphatic carbocycles. The molecule has 6 heteroatoms. The molecule has 1 amide bonds. The molecule has 0 atom stereocenters. The Morgan fingerprint density at radius 1 is 1.38 bits per heavy atom. The molecule has 6 nitrogen and oxygen atoms in total. The summed E-state index contributed by atoms with van der Waals surface area (Å²) in [6.07, 6.45) is 4.20. The summed E-state index contributed by atoms with van der Waals surface area (Å²) in [6, 6.07) is 7.24. The zero-order chi connectivity index (χ0) is 14.9. The maximum atomic E-state index is 12.1. The van der Waals surface area contributed by atoms with Crippen LogP contribution >= 0.6 is 0 Å². The number of hydrogen-bond donors (Lipinski definition) is 2. The van der Waals surface area contributed by atoms with Crippen LogP contribution in [0.2, 0.25) is 0 Å². The van der Waals surface area contributed by atoms with Gasteiger partial charge in [-0.1, -0.05) is 29.2 Å². The molecule has 3 N–H and O–H groups in total. The van der Waals surface area contributed by atoms with E-state index in [0.717, 1.165) is 13.0 Å². The standard InChI is InChI=1S/C15H17N5O/c16-8-3-6-13-5-1-2-7-14(13)15(21)17-9-4-11-20-12-10-18-19-20/h1-2,5,7,10,12H,4,8-9,11,16H2,(H,17,21). The zero-order valence-electron chi connectivity index (χ0n) is 11.6. The minimum atomic E-state index is -0.129. The minimum Gasteiger partial charge on any atom is -0.352 e. The van der Waals surface area contributed by atoms with Crippen LogP contribution in [0.1, 0.15) is 22.3 Å². The van der Waals surface area contributed by atoms with Crippen LogP contribution < -0.4 is 11.1 Å². The van der Waals surface area contributed by atoms with Crippen molar-refractivity contribution in [1.82, 2.24) is 20.3 Å². The fourth-order valence-electron chi connectivity index (χ4n) is 1.83. The second kappa shape index (κ2) is 7.82. The van der Waals surface area contributed by atoms with Crippen molar-refractivity contribution in [1.29, 1.82) is 0 Å². The maximum absolute atomic E-state index is 12.1. The lowest BCUT2D eigenvalue weighted by Gasteiger charge is -2.07. The molecule has 0 aliphatic heterocycles. The second-order valence-electron chi connectivity index (χ2n) is 4.33. The van der Waals surface area contributed by atoms with E-state index in [-0.39, 0.29) is 12.5 Å². The number of aromatic nitrogens is 3. The fourth-order valence-corrected chi connectivity index (χ4v) is 1.83. The normalized spacial score (nSPS) is 9.76. The van der Waals surface area contributed by atoms with Gasteiger partial charge in [0.2, 0.25) is 0 Å². The lowest BCUT2D eigenvalue weighted by Crippen LogP contribution is -2.26. The zero-order valence-corrected chi connectivity index (χ0v) is 11.6. The highest BCUT2D eigenvalue weighted by atomic mass is 16.1. The van der Waals surface area contributed by atoms with E-state index in [4.69, 9.17) is 5.73 Å². The van der Waals surface area contributed by atoms with Crippen molar-refractivity contribution in [3.05, 3.63) is 47.8 Å². The van der Waals surface area contributed by atoms with E-state index in [2.05, 4.69) is 27.5 Å². The summed E-state index contributed by atoms with van der Waals surface area (Å²) in [6.45, 7) is 1.56. The highest BCUT2D eigenvalue weighted by molar-refractivity contribution is 5.96. The van der Waals surface area contributed by atoms with E-state index >= 15 is 0 Å². The lowest BCUT2D eigenvalue weighted by atomic mass is 10.1. The Bertz CT molecular complexity index is 640. The summed E-state index contributed by atoms with van der Waals surface area (Å²) in [5.74, 6) is 5.54. The van der Waals surface area contributed by atoms with Crippen LogP contribution in [-0.4, -0.2) is 34.0 Å². The van der Waals surface area contributed by atoms with E-state index in [1.807, 2.05) is 18.2 Å². The first kappa shape index (κ1) is 14.8. The molecule has 0 spiro atoms. The predicted octanol–water partition coefficient (Wildman–Crippen LogP) is 0.408. The van der Waals surface area contributed by atoms with Gasteiger partial charge < -0.3 is 11.1 Å². The largest absolute Gasteiger partial charge is 0.352 e. The van der Waals surface area contributed by atoms with Gasteiger partial charge in [0, 0.05) is 24.8 Å². The number of rotatable bonds is 5. The van der Waals surface area contributed by atoms with Gasteiger partial charge in [-0.05, 0) is 18.6 Å². The Balaban J connectivity index is 1.88. The van der Waals surface area contributed by atoms with E-state index < -0.39 is 0 Å². The Kier molecular flexibility index (Phi) is 5.50. The molecule has 0 fully saturated rings. The van der Waals surface area contributed by atoms with Crippen molar-refractivity contribution >= 4 is 5.91 Å². The van der Waals surface area contributed by atoms with E-state index in [1.165, 1.54) is 0 Å². The first-order valence-corrected chi connectivity index (χ1v) is 6.71. The quantitative estimate of drug-likeness (QED) is 0.614. The Hall–Kier alpha value is -2.65. The molecule has 0 aliphatic rings. The third-order valence-electron chi connectivity index (χ3n) is 2.82. The van der Waals surface area contributed by atoms with Crippen LogP contribution in [0.15, 0.2) is 36.7 Å². The summed E-state index contributed by atoms with van der Waals surface area (Å²) in [5.41, 5.74) is 6.62. The van der Waals surface area contributed by atoms with Crippen LogP contribution in [0.5, 0.6) is 0 Å². The molecule has 2 rings (SSSR count). The monoisotopic (exact) mass is 283 g/mol. The number of carbonyl (C=O) groups excluding carboxylic acids is 1. The van der Waals surface area contributed by atoms with Gasteiger partial charge in [-0.15, -0.1) is 5.10 Å². The van der Waals surface area contributed by atoms with Crippen molar-refractivity contribution in [2.45, 2.75) is 13.0 Å². The summed E-state index contributed by atoms with van der Waals surface area (Å²) < 4.78 is 1.73. The molecule has 0 radical (unpaired) electrons. The first-order valence-electron chi connectivity index (χ1n) is 6.71. The summed E-state index contributed by atoms with van der Waals surface area (Å²) in [4.78, 5) is 12.1. The average molecular weight is 283 g/mol. The van der Waals surface area contributed by atoms with E-state index in [0.29, 0.717) is 17.7 Å². The highest BCUT2D eigenvalue weighted by Crippen LogP contribution is 2.07. The highest BCUT2D eigenvalue weighted by Gasteiger charge is 2.08. The van der Waals surface area contributed by atoms with Crippen LogP contribution in [-0.2, 0) is 6.54 Å². The Morgan fingerprint density at radius 3 is 3.00 bits per heavy atom. The minimum absolute atomic E-state index is 0.129. The molecule has 0 saturated carbocycles. The second-order valence-corrected chi connectivity index (χ2v) is 4.33. The number of carbonyl (C=O) groups is 1. The number of nitrogens with one attached hydrogen (secondary N) is 1. The van der Waals surface area contributed by atoms with Crippen molar-refractivity contribution < 1.29 is 4.79 Å². The molecule has 1 aromatic carbocycles.